The molecule has 0 aliphatic carbocycles. The van der Waals surface area contributed by atoms with Crippen molar-refractivity contribution >= 4 is 77.0 Å². The molecule has 1 aliphatic rings. The summed E-state index contributed by atoms with van der Waals surface area (Å²) in [6.07, 6.45) is 2.27. The molecule has 5 atom stereocenters. The van der Waals surface area contributed by atoms with Gasteiger partial charge in [-0.25, -0.2) is 18.4 Å². The first-order valence-electron chi connectivity index (χ1n) is 30.6. The van der Waals surface area contributed by atoms with Crippen molar-refractivity contribution in [2.24, 2.45) is 11.1 Å². The zero-order valence-corrected chi connectivity index (χ0v) is 54.5. The highest BCUT2D eigenvalue weighted by Crippen LogP contribution is 2.41. The molecule has 1 aliphatic heterocycles. The van der Waals surface area contributed by atoms with Crippen molar-refractivity contribution in [1.82, 2.24) is 46.3 Å². The number of carboxylic acids is 1. The smallest absolute Gasteiger partial charge is 0.408 e. The monoisotopic (exact) mass is 1350 g/mol. The van der Waals surface area contributed by atoms with E-state index in [4.69, 9.17) is 29.4 Å². The summed E-state index contributed by atoms with van der Waals surface area (Å²) in [4.78, 5) is 142. The number of hydrogen-bond acceptors (Lipinski definition) is 17. The number of carbonyl (C=O) groups is 11. The minimum Gasteiger partial charge on any atom is -0.480 e. The molecule has 0 radical (unpaired) electrons. The first-order chi connectivity index (χ1) is 45.3. The summed E-state index contributed by atoms with van der Waals surface area (Å²) in [7, 11) is 0. The van der Waals surface area contributed by atoms with Gasteiger partial charge in [-0.05, 0) is 61.1 Å². The van der Waals surface area contributed by atoms with Crippen LogP contribution in [0.2, 0.25) is 0 Å². The Hall–Kier alpha value is -9.10. The molecule has 0 fully saturated rings. The van der Waals surface area contributed by atoms with E-state index in [9.17, 15) is 62.2 Å². The third-order valence-corrected chi connectivity index (χ3v) is 15.3. The first kappa shape index (κ1) is 76.6. The number of primary amides is 1. The summed E-state index contributed by atoms with van der Waals surface area (Å²) < 4.78 is 59.1. The number of aromatic nitrogens is 1. The number of alkyl carbamates (subject to hydrolysis) is 1. The number of imide groups is 1. The van der Waals surface area contributed by atoms with E-state index < -0.39 is 119 Å². The van der Waals surface area contributed by atoms with Crippen LogP contribution < -0.4 is 37.6 Å². The van der Waals surface area contributed by atoms with E-state index in [2.05, 4.69) is 31.9 Å². The van der Waals surface area contributed by atoms with Crippen LogP contribution in [0.1, 0.15) is 76.7 Å². The average molecular weight is 1350 g/mol. The van der Waals surface area contributed by atoms with Gasteiger partial charge in [0.15, 0.2) is 0 Å². The van der Waals surface area contributed by atoms with Gasteiger partial charge in [0.25, 0.3) is 11.8 Å². The third-order valence-electron chi connectivity index (χ3n) is 14.2. The molecule has 516 valence electrons. The molecule has 4 aromatic rings. The van der Waals surface area contributed by atoms with Crippen LogP contribution in [0, 0.1) is 17.0 Å². The van der Waals surface area contributed by atoms with Crippen molar-refractivity contribution in [2.45, 2.75) is 97.2 Å². The second-order valence-corrected chi connectivity index (χ2v) is 23.9. The second-order valence-electron chi connectivity index (χ2n) is 22.9. The van der Waals surface area contributed by atoms with Gasteiger partial charge in [-0.2, -0.15) is 0 Å². The fourth-order valence-corrected chi connectivity index (χ4v) is 10.4. The summed E-state index contributed by atoms with van der Waals surface area (Å²) in [5.74, 6) is -9.36. The molecule has 95 heavy (non-hydrogen) atoms. The van der Waals surface area contributed by atoms with Crippen molar-refractivity contribution in [3.8, 4) is 11.1 Å². The fourth-order valence-electron chi connectivity index (χ4n) is 9.44. The number of halogens is 2. The average Bonchev–Trinajstić information content (AvgIpc) is 1.68. The van der Waals surface area contributed by atoms with Gasteiger partial charge in [0.2, 0.25) is 41.4 Å². The molecule has 0 saturated heterocycles. The zero-order chi connectivity index (χ0) is 69.5. The third kappa shape index (κ3) is 27.0. The van der Waals surface area contributed by atoms with Gasteiger partial charge in [-0.15, -0.1) is 11.8 Å². The molecule has 3 aromatic carbocycles. The molecule has 5 rings (SSSR count). The van der Waals surface area contributed by atoms with Crippen LogP contribution in [0.4, 0.5) is 13.6 Å². The summed E-state index contributed by atoms with van der Waals surface area (Å²) in [6, 6.07) is 16.7. The van der Waals surface area contributed by atoms with Gasteiger partial charge in [0.1, 0.15) is 49.0 Å². The number of amides is 10. The maximum Gasteiger partial charge on any atom is 0.408 e. The molecular formula is C65H84F2N10O17S. The van der Waals surface area contributed by atoms with E-state index in [1.165, 1.54) is 13.8 Å². The van der Waals surface area contributed by atoms with Crippen molar-refractivity contribution in [3.63, 3.8) is 0 Å². The quantitative estimate of drug-likeness (QED) is 0.0233. The van der Waals surface area contributed by atoms with Crippen molar-refractivity contribution in [3.05, 3.63) is 132 Å². The van der Waals surface area contributed by atoms with Gasteiger partial charge in [0, 0.05) is 73.5 Å². The normalized spacial score (nSPS) is 13.6. The Balaban J connectivity index is 1.14. The molecule has 30 heteroatoms. The van der Waals surface area contributed by atoms with E-state index >= 15 is 4.39 Å². The maximum absolute atomic E-state index is 15.5. The van der Waals surface area contributed by atoms with E-state index in [1.807, 2.05) is 55.7 Å². The molecule has 2 heterocycles. The van der Waals surface area contributed by atoms with Gasteiger partial charge >= 0.3 is 12.1 Å². The Bertz CT molecular complexity index is 3260. The van der Waals surface area contributed by atoms with E-state index in [0.717, 1.165) is 58.1 Å². The first-order valence-corrected chi connectivity index (χ1v) is 31.8. The van der Waals surface area contributed by atoms with Crippen LogP contribution in [0.25, 0.3) is 11.1 Å². The van der Waals surface area contributed by atoms with Crippen LogP contribution in [0.15, 0.2) is 103 Å². The predicted octanol–water partition coefficient (Wildman–Crippen LogP) is 2.88. The van der Waals surface area contributed by atoms with Gasteiger partial charge in [-0.3, -0.25) is 48.1 Å². The number of nitrogens with two attached hydrogens (primary N) is 1. The number of ether oxygens (including phenoxy) is 5. The molecule has 0 bridgehead atoms. The molecule has 0 spiro atoms. The minimum absolute atomic E-state index is 0.0256. The SMILES string of the molecule is C[C@H](NC(=O)OCc1ccccc1)C(=O)N[C@@H](C)C(=O)N[C@@H](CC(=O)NCCCN(C(=O)CSC[C@H](NC(=O)CCOCCOCCOCCOCCNC(=O)CN1C(=O)C=CC1=O)C(=O)O)[C@@H](c1cc(-c2cc(F)ccc2F)cn1Cc1ccccc1)C(C)(C)C)C(N)=O. The predicted molar refractivity (Wildman–Crippen MR) is 343 cm³/mol. The number of thioether (sulfide) groups is 1. The molecule has 10 amide bonds. The van der Waals surface area contributed by atoms with Crippen molar-refractivity contribution < 1.29 is 90.3 Å². The second kappa shape index (κ2) is 39.6. The van der Waals surface area contributed by atoms with Crippen LogP contribution >= 0.6 is 11.8 Å². The largest absolute Gasteiger partial charge is 0.480 e. The van der Waals surface area contributed by atoms with Crippen molar-refractivity contribution in [1.29, 1.82) is 0 Å². The molecule has 27 nitrogen and oxygen atoms in total. The highest BCUT2D eigenvalue weighted by Gasteiger charge is 2.38. The molecule has 0 saturated carbocycles. The van der Waals surface area contributed by atoms with Crippen molar-refractivity contribution in [2.75, 3.05) is 90.5 Å². The Kier molecular flexibility index (Phi) is 31.9. The topological polar surface area (TPSA) is 364 Å². The van der Waals surface area contributed by atoms with Crippen LogP contribution in [0.3, 0.4) is 0 Å². The lowest BCUT2D eigenvalue weighted by Crippen LogP contribution is -2.55. The number of benzene rings is 3. The summed E-state index contributed by atoms with van der Waals surface area (Å²) >= 11 is 0.949. The fraction of sp³-hybridized carbons (Fsp3) is 0.462. The highest BCUT2D eigenvalue weighted by molar-refractivity contribution is 8.00. The zero-order valence-electron chi connectivity index (χ0n) is 53.7. The van der Waals surface area contributed by atoms with Gasteiger partial charge in [0.05, 0.1) is 71.1 Å². The van der Waals surface area contributed by atoms with E-state index in [1.54, 1.807) is 47.5 Å². The van der Waals surface area contributed by atoms with Gasteiger partial charge < -0.3 is 75.9 Å². The molecule has 0 unspecified atom stereocenters. The van der Waals surface area contributed by atoms with Gasteiger partial charge in [-0.1, -0.05) is 81.4 Å². The summed E-state index contributed by atoms with van der Waals surface area (Å²) in [5.41, 5.74) is 7.20. The number of aliphatic carboxylic acids is 1. The molecule has 9 N–H and O–H groups in total. The minimum atomic E-state index is -1.53. The lowest BCUT2D eigenvalue weighted by Gasteiger charge is -2.41. The van der Waals surface area contributed by atoms with E-state index in [-0.39, 0.29) is 122 Å². The summed E-state index contributed by atoms with van der Waals surface area (Å²) in [5, 5.41) is 25.1. The number of carbonyl (C=O) groups excluding carboxylic acids is 10. The number of hydrogen-bond donors (Lipinski definition) is 8. The van der Waals surface area contributed by atoms with Crippen LogP contribution in [0.5, 0.6) is 0 Å². The number of nitrogens with one attached hydrogen (secondary N) is 6. The standard InChI is InChI=1S/C65H84F2N10O17S/c1-42(71-61(85)43(2)72-64(89)94-39-45-15-10-7-11-16-45)62(86)74-50(60(68)84)35-54(79)69-22-12-24-76(59(65(3,4)5)52-33-46(48-34-47(66)17-18-49(48)67)37-75(52)36-44-13-8-6-9-14-44)58(83)41-95-40-51(63(87)88)73-53(78)21-25-90-27-29-92-31-32-93-30-28-91-26-23-70-55(80)38-77-56(81)19-20-57(77)82/h6-11,13-20,33-34,37,42-43,50-51,59H,12,21-32,35-36,38-41H2,1-5H3,(H2,68,84)(H,69,79)(H,70,80)(H,71,85)(H,72,89)(H,73,78)(H,74,86)(H,87,88)/t42-,43-,50-,51-,59-/m0/s1. The Morgan fingerprint density at radius 1 is 0.674 bits per heavy atom. The Morgan fingerprint density at radius 2 is 1.25 bits per heavy atom. The van der Waals surface area contributed by atoms with Crippen LogP contribution in [-0.4, -0.2) is 199 Å². The van der Waals surface area contributed by atoms with E-state index in [0.29, 0.717) is 11.3 Å². The molecule has 1 aromatic heterocycles. The number of nitrogens with zero attached hydrogens (tertiary/aromatic N) is 3. The Morgan fingerprint density at radius 3 is 1.86 bits per heavy atom. The maximum atomic E-state index is 15.5. The lowest BCUT2D eigenvalue weighted by atomic mass is 9.83. The highest BCUT2D eigenvalue weighted by atomic mass is 32.2. The summed E-state index contributed by atoms with van der Waals surface area (Å²) in [6.45, 7) is 9.56. The Labute approximate surface area is 553 Å². The molecular weight excluding hydrogens is 1260 g/mol. The lowest BCUT2D eigenvalue weighted by molar-refractivity contribution is -0.141. The number of carboxylic acid groups (broad SMARTS) is 1. The number of rotatable bonds is 42. The van der Waals surface area contributed by atoms with Crippen LogP contribution in [-0.2, 0) is 84.8 Å².